The zero-order valence-electron chi connectivity index (χ0n) is 23.4. The topological polar surface area (TPSA) is 44.8 Å². The van der Waals surface area contributed by atoms with Gasteiger partial charge >= 0.3 is 9.17 Å². The van der Waals surface area contributed by atoms with Crippen molar-refractivity contribution >= 4 is 17.5 Å². The van der Waals surface area contributed by atoms with Crippen LogP contribution in [0, 0.1) is 11.8 Å². The third-order valence-electron chi connectivity index (χ3n) is 5.83. The molecule has 0 saturated carbocycles. The van der Waals surface area contributed by atoms with Crippen LogP contribution in [0.5, 0.6) is 0 Å². The first-order chi connectivity index (χ1) is 15.6. The lowest BCUT2D eigenvalue weighted by molar-refractivity contribution is -0.0351. The third kappa shape index (κ3) is 26.2. The van der Waals surface area contributed by atoms with E-state index in [0.717, 1.165) is 37.5 Å². The number of hydrogen-bond donors (Lipinski definition) is 0. The van der Waals surface area contributed by atoms with E-state index in [4.69, 9.17) is 13.3 Å². The normalized spacial score (nSPS) is 13.0. The van der Waals surface area contributed by atoms with Gasteiger partial charge < -0.3 is 13.3 Å². The maximum atomic E-state index is 12.3. The van der Waals surface area contributed by atoms with Gasteiger partial charge in [0.1, 0.15) is 0 Å². The molecule has 6 heteroatoms. The summed E-state index contributed by atoms with van der Waals surface area (Å²) in [5, 5.41) is 0. The summed E-state index contributed by atoms with van der Waals surface area (Å²) >= 11 is 0. The zero-order valence-corrected chi connectivity index (χ0v) is 25.4. The van der Waals surface area contributed by atoms with E-state index in [2.05, 4.69) is 47.3 Å². The second-order valence-corrected chi connectivity index (χ2v) is 17.1. The highest BCUT2D eigenvalue weighted by Gasteiger charge is 2.25. The molecule has 0 heterocycles. The molecule has 0 amide bonds. The summed E-state index contributed by atoms with van der Waals surface area (Å²) in [5.74, 6) is 1.64. The lowest BCUT2D eigenvalue weighted by atomic mass is 10.0. The van der Waals surface area contributed by atoms with Crippen LogP contribution in [0.3, 0.4) is 0 Å². The Morgan fingerprint density at radius 1 is 0.606 bits per heavy atom. The fraction of sp³-hybridized carbons (Fsp3) is 1.00. The molecule has 0 rings (SSSR count). The van der Waals surface area contributed by atoms with Crippen molar-refractivity contribution in [2.45, 2.75) is 156 Å². The molecule has 198 valence electrons. The molecule has 0 aliphatic heterocycles. The predicted molar refractivity (Wildman–Crippen MR) is 145 cm³/mol. The first kappa shape index (κ1) is 32.8. The zero-order chi connectivity index (χ0) is 25.0. The van der Waals surface area contributed by atoms with Crippen LogP contribution in [0.2, 0.25) is 19.6 Å². The molecule has 1 atom stereocenters. The summed E-state index contributed by atoms with van der Waals surface area (Å²) in [4.78, 5) is 0. The molecule has 0 aromatic heterocycles. The van der Waals surface area contributed by atoms with Crippen LogP contribution in [0.25, 0.3) is 0 Å². The maximum absolute atomic E-state index is 12.3. The molecule has 0 fully saturated rings. The molecule has 0 radical (unpaired) electrons. The minimum absolute atomic E-state index is 0.380. The van der Waals surface area contributed by atoms with E-state index >= 15 is 0 Å². The van der Waals surface area contributed by atoms with Crippen LogP contribution < -0.4 is 0 Å². The minimum atomic E-state index is -2.49. The van der Waals surface area contributed by atoms with E-state index in [1.807, 2.05) is 0 Å². The lowest BCUT2D eigenvalue weighted by Gasteiger charge is -2.26. The van der Waals surface area contributed by atoms with Gasteiger partial charge in [0.2, 0.25) is 0 Å². The van der Waals surface area contributed by atoms with Gasteiger partial charge in [-0.2, -0.15) is 0 Å². The molecule has 33 heavy (non-hydrogen) atoms. The molecular weight excluding hydrogens is 444 g/mol. The van der Waals surface area contributed by atoms with Crippen molar-refractivity contribution in [1.82, 2.24) is 0 Å². The van der Waals surface area contributed by atoms with Crippen LogP contribution in [-0.2, 0) is 17.7 Å². The SMILES string of the molecule is CC(C)CCCCCCCCCO[Si](=O)OC(CCCCCCCCC(C)C)O[Si](C)(C)C. The highest BCUT2D eigenvalue weighted by atomic mass is 28.4. The molecule has 0 aromatic carbocycles. The Balaban J connectivity index is 3.88. The van der Waals surface area contributed by atoms with E-state index in [0.29, 0.717) is 6.61 Å². The van der Waals surface area contributed by atoms with Crippen molar-refractivity contribution in [3.05, 3.63) is 0 Å². The third-order valence-corrected chi connectivity index (χ3v) is 7.69. The Morgan fingerprint density at radius 3 is 1.42 bits per heavy atom. The second-order valence-electron chi connectivity index (χ2n) is 11.6. The smallest absolute Gasteiger partial charge is 0.496 e. The Bertz CT molecular complexity index is 450. The van der Waals surface area contributed by atoms with Crippen LogP contribution in [0.1, 0.15) is 130 Å². The van der Waals surface area contributed by atoms with Gasteiger partial charge in [0.15, 0.2) is 14.6 Å². The van der Waals surface area contributed by atoms with Crippen molar-refractivity contribution in [1.29, 1.82) is 0 Å². The molecule has 0 aromatic rings. The molecule has 1 unspecified atom stereocenters. The van der Waals surface area contributed by atoms with Crippen molar-refractivity contribution in [2.75, 3.05) is 6.61 Å². The average Bonchev–Trinajstić information content (AvgIpc) is 2.69. The molecule has 0 aliphatic rings. The van der Waals surface area contributed by atoms with Gasteiger partial charge in [-0.15, -0.1) is 0 Å². The Hall–Kier alpha value is -0.206. The lowest BCUT2D eigenvalue weighted by Crippen LogP contribution is -2.36. The van der Waals surface area contributed by atoms with Crippen LogP contribution in [-0.4, -0.2) is 30.4 Å². The molecule has 0 spiro atoms. The van der Waals surface area contributed by atoms with E-state index < -0.39 is 17.5 Å². The summed E-state index contributed by atoms with van der Waals surface area (Å²) in [6.45, 7) is 16.2. The minimum Gasteiger partial charge on any atom is -0.496 e. The summed E-state index contributed by atoms with van der Waals surface area (Å²) in [6.07, 6.45) is 19.3. The molecular formula is C27H58O4Si2. The molecule has 0 saturated heterocycles. The van der Waals surface area contributed by atoms with E-state index in [9.17, 15) is 4.46 Å². The van der Waals surface area contributed by atoms with Gasteiger partial charge in [-0.25, -0.2) is 0 Å². The van der Waals surface area contributed by atoms with Gasteiger partial charge in [0.05, 0.1) is 6.61 Å². The van der Waals surface area contributed by atoms with E-state index in [1.54, 1.807) is 0 Å². The first-order valence-corrected chi connectivity index (χ1v) is 18.7. The van der Waals surface area contributed by atoms with E-state index in [1.165, 1.54) is 77.0 Å². The van der Waals surface area contributed by atoms with Crippen molar-refractivity contribution in [3.8, 4) is 0 Å². The molecule has 4 nitrogen and oxygen atoms in total. The Kier molecular flexibility index (Phi) is 21.0. The first-order valence-electron chi connectivity index (χ1n) is 14.1. The summed E-state index contributed by atoms with van der Waals surface area (Å²) in [7, 11) is -4.24. The average molecular weight is 503 g/mol. The second kappa shape index (κ2) is 21.1. The number of hydrogen-bond acceptors (Lipinski definition) is 4. The van der Waals surface area contributed by atoms with Gasteiger partial charge in [0, 0.05) is 6.42 Å². The molecule has 0 bridgehead atoms. The van der Waals surface area contributed by atoms with Crippen molar-refractivity contribution in [2.24, 2.45) is 11.8 Å². The van der Waals surface area contributed by atoms with Gasteiger partial charge in [0.25, 0.3) is 0 Å². The number of rotatable bonds is 24. The van der Waals surface area contributed by atoms with Gasteiger partial charge in [-0.05, 0) is 44.3 Å². The van der Waals surface area contributed by atoms with E-state index in [-0.39, 0.29) is 6.29 Å². The highest BCUT2D eigenvalue weighted by Crippen LogP contribution is 2.17. The Morgan fingerprint density at radius 2 is 1.00 bits per heavy atom. The maximum Gasteiger partial charge on any atom is 0.769 e. The largest absolute Gasteiger partial charge is 0.769 e. The fourth-order valence-electron chi connectivity index (χ4n) is 3.94. The summed E-state index contributed by atoms with van der Waals surface area (Å²) in [6, 6.07) is 0. The summed E-state index contributed by atoms with van der Waals surface area (Å²) in [5.41, 5.74) is 0. The van der Waals surface area contributed by atoms with Crippen molar-refractivity contribution in [3.63, 3.8) is 0 Å². The van der Waals surface area contributed by atoms with Crippen LogP contribution in [0.15, 0.2) is 0 Å². The molecule has 0 N–H and O–H groups in total. The van der Waals surface area contributed by atoms with Crippen molar-refractivity contribution < 1.29 is 17.7 Å². The Labute approximate surface area is 210 Å². The van der Waals surface area contributed by atoms with Crippen LogP contribution in [0.4, 0.5) is 0 Å². The fourth-order valence-corrected chi connectivity index (χ4v) is 5.75. The van der Waals surface area contributed by atoms with Gasteiger partial charge in [-0.3, -0.25) is 4.46 Å². The summed E-state index contributed by atoms with van der Waals surface area (Å²) < 4.78 is 29.7. The number of unbranched alkanes of at least 4 members (excludes halogenated alkanes) is 11. The highest BCUT2D eigenvalue weighted by molar-refractivity contribution is 6.69. The standard InChI is InChI=1S/C27H58O4Si2/c1-25(2)21-17-13-9-8-12-16-20-24-29-32(28)30-27(31-33(5,6)7)23-19-15-11-10-14-18-22-26(3)4/h25-27H,8-24H2,1-7H3. The van der Waals surface area contributed by atoms with Crippen LogP contribution >= 0.6 is 0 Å². The monoisotopic (exact) mass is 502 g/mol. The molecule has 0 aliphatic carbocycles. The predicted octanol–water partition coefficient (Wildman–Crippen LogP) is 9.17. The quantitative estimate of drug-likeness (QED) is 0.0749. The van der Waals surface area contributed by atoms with Gasteiger partial charge in [-0.1, -0.05) is 111 Å².